The summed E-state index contributed by atoms with van der Waals surface area (Å²) < 4.78 is 18.8. The smallest absolute Gasteiger partial charge is 0.272 e. The third kappa shape index (κ3) is 2.65. The van der Waals surface area contributed by atoms with Crippen LogP contribution in [0.3, 0.4) is 0 Å². The molecule has 5 nitrogen and oxygen atoms in total. The largest absolute Gasteiger partial charge is 0.465 e. The van der Waals surface area contributed by atoms with E-state index in [0.717, 1.165) is 11.8 Å². The number of non-ortho nitro benzene ring substituents is 1. The Bertz CT molecular complexity index is 580. The van der Waals surface area contributed by atoms with E-state index in [1.165, 1.54) is 12.1 Å². The molecule has 0 atom stereocenters. The highest BCUT2D eigenvalue weighted by molar-refractivity contribution is 5.50. The second-order valence-electron chi connectivity index (χ2n) is 3.79. The molecule has 0 bridgehead atoms. The van der Waals surface area contributed by atoms with E-state index in [4.69, 9.17) is 4.42 Å². The van der Waals surface area contributed by atoms with Crippen molar-refractivity contribution in [1.29, 1.82) is 0 Å². The number of rotatable bonds is 4. The summed E-state index contributed by atoms with van der Waals surface area (Å²) in [6, 6.07) is 7.06. The van der Waals surface area contributed by atoms with Gasteiger partial charge in [-0.3, -0.25) is 10.1 Å². The average molecular weight is 250 g/mol. The van der Waals surface area contributed by atoms with Gasteiger partial charge in [-0.05, 0) is 25.1 Å². The Morgan fingerprint density at radius 3 is 2.72 bits per heavy atom. The quantitative estimate of drug-likeness (QED) is 0.668. The molecule has 1 aromatic carbocycles. The molecule has 0 fully saturated rings. The summed E-state index contributed by atoms with van der Waals surface area (Å²) in [6.07, 6.45) is 0. The number of nitro groups is 1. The average Bonchev–Trinajstić information content (AvgIpc) is 2.73. The molecule has 0 aliphatic carbocycles. The fraction of sp³-hybridized carbons (Fsp3) is 0.167. The van der Waals surface area contributed by atoms with Gasteiger partial charge in [-0.1, -0.05) is 0 Å². The van der Waals surface area contributed by atoms with Crippen molar-refractivity contribution >= 4 is 11.4 Å². The molecule has 0 amide bonds. The van der Waals surface area contributed by atoms with Gasteiger partial charge in [-0.2, -0.15) is 0 Å². The maximum atomic E-state index is 13.5. The van der Waals surface area contributed by atoms with Gasteiger partial charge in [-0.15, -0.1) is 0 Å². The summed E-state index contributed by atoms with van der Waals surface area (Å²) >= 11 is 0. The van der Waals surface area contributed by atoms with Gasteiger partial charge in [0.2, 0.25) is 0 Å². The lowest BCUT2D eigenvalue weighted by Gasteiger charge is -2.05. The van der Waals surface area contributed by atoms with Crippen molar-refractivity contribution in [3.8, 4) is 0 Å². The van der Waals surface area contributed by atoms with Crippen LogP contribution in [0, 0.1) is 22.9 Å². The van der Waals surface area contributed by atoms with Crippen molar-refractivity contribution in [3.05, 3.63) is 57.8 Å². The molecule has 0 saturated carbocycles. The van der Waals surface area contributed by atoms with Gasteiger partial charge in [0.25, 0.3) is 5.69 Å². The van der Waals surface area contributed by atoms with E-state index in [1.807, 2.05) is 13.0 Å². The van der Waals surface area contributed by atoms with Crippen LogP contribution in [0.25, 0.3) is 0 Å². The van der Waals surface area contributed by atoms with Gasteiger partial charge in [0.05, 0.1) is 23.2 Å². The van der Waals surface area contributed by atoms with Crippen molar-refractivity contribution < 1.29 is 13.7 Å². The van der Waals surface area contributed by atoms with E-state index in [0.29, 0.717) is 12.3 Å². The molecule has 1 heterocycles. The number of nitrogens with zero attached hydrogens (tertiary/aromatic N) is 1. The molecule has 0 radical (unpaired) electrons. The van der Waals surface area contributed by atoms with Crippen molar-refractivity contribution in [2.75, 3.05) is 5.32 Å². The van der Waals surface area contributed by atoms with Gasteiger partial charge < -0.3 is 9.73 Å². The Balaban J connectivity index is 2.08. The van der Waals surface area contributed by atoms with Crippen LogP contribution in [0.2, 0.25) is 0 Å². The van der Waals surface area contributed by atoms with Gasteiger partial charge in [0.1, 0.15) is 11.5 Å². The molecule has 0 saturated heterocycles. The Labute approximate surface area is 102 Å². The topological polar surface area (TPSA) is 68.3 Å². The first-order valence-electron chi connectivity index (χ1n) is 5.29. The summed E-state index contributed by atoms with van der Waals surface area (Å²) in [6.45, 7) is 2.14. The SMILES string of the molecule is Cc1ccc(CNc2ccc([N+](=O)[O-])cc2F)o1. The first kappa shape index (κ1) is 12.1. The number of nitro benzene ring substituents is 1. The van der Waals surface area contributed by atoms with Crippen molar-refractivity contribution in [2.24, 2.45) is 0 Å². The van der Waals surface area contributed by atoms with Crippen LogP contribution in [-0.4, -0.2) is 4.92 Å². The number of benzene rings is 1. The Morgan fingerprint density at radius 2 is 2.17 bits per heavy atom. The van der Waals surface area contributed by atoms with Gasteiger partial charge in [-0.25, -0.2) is 4.39 Å². The normalized spacial score (nSPS) is 10.3. The molecule has 0 aliphatic rings. The lowest BCUT2D eigenvalue weighted by Crippen LogP contribution is -2.01. The molecule has 0 aliphatic heterocycles. The van der Waals surface area contributed by atoms with Crippen LogP contribution >= 0.6 is 0 Å². The van der Waals surface area contributed by atoms with Crippen LogP contribution in [0.4, 0.5) is 15.8 Å². The standard InChI is InChI=1S/C12H11FN2O3/c1-8-2-4-10(18-8)7-14-12-5-3-9(15(16)17)6-11(12)13/h2-6,14H,7H2,1H3. The molecule has 0 spiro atoms. The number of halogens is 1. The van der Waals surface area contributed by atoms with Crippen LogP contribution < -0.4 is 5.32 Å². The first-order valence-corrected chi connectivity index (χ1v) is 5.29. The second-order valence-corrected chi connectivity index (χ2v) is 3.79. The summed E-state index contributed by atoms with van der Waals surface area (Å²) in [7, 11) is 0. The van der Waals surface area contributed by atoms with Gasteiger partial charge in [0.15, 0.2) is 5.82 Å². The van der Waals surface area contributed by atoms with Gasteiger partial charge in [0, 0.05) is 6.07 Å². The lowest BCUT2D eigenvalue weighted by atomic mass is 10.2. The molecular formula is C12H11FN2O3. The number of anilines is 1. The van der Waals surface area contributed by atoms with E-state index in [2.05, 4.69) is 5.32 Å². The monoisotopic (exact) mass is 250 g/mol. The second kappa shape index (κ2) is 4.87. The molecule has 1 aromatic heterocycles. The molecule has 6 heteroatoms. The van der Waals surface area contributed by atoms with Crippen LogP contribution in [0.15, 0.2) is 34.7 Å². The molecule has 2 rings (SSSR count). The summed E-state index contributed by atoms with van der Waals surface area (Å²) in [5, 5.41) is 13.3. The Kier molecular flexibility index (Phi) is 3.27. The fourth-order valence-corrected chi connectivity index (χ4v) is 1.52. The molecule has 2 aromatic rings. The maximum Gasteiger partial charge on any atom is 0.272 e. The van der Waals surface area contributed by atoms with E-state index in [-0.39, 0.29) is 11.4 Å². The highest BCUT2D eigenvalue weighted by Crippen LogP contribution is 2.21. The number of hydrogen-bond acceptors (Lipinski definition) is 4. The van der Waals surface area contributed by atoms with Gasteiger partial charge >= 0.3 is 0 Å². The summed E-state index contributed by atoms with van der Waals surface area (Å²) in [5.74, 6) is 0.786. The lowest BCUT2D eigenvalue weighted by molar-refractivity contribution is -0.385. The highest BCUT2D eigenvalue weighted by Gasteiger charge is 2.10. The molecule has 0 unspecified atom stereocenters. The molecule has 18 heavy (non-hydrogen) atoms. The minimum absolute atomic E-state index is 0.203. The predicted octanol–water partition coefficient (Wildman–Crippen LogP) is 3.25. The molecule has 1 N–H and O–H groups in total. The Hall–Kier alpha value is -2.37. The maximum absolute atomic E-state index is 13.5. The van der Waals surface area contributed by atoms with Crippen LogP contribution in [-0.2, 0) is 6.54 Å². The number of furan rings is 1. The van der Waals surface area contributed by atoms with Crippen LogP contribution in [0.1, 0.15) is 11.5 Å². The summed E-state index contributed by atoms with van der Waals surface area (Å²) in [5.41, 5.74) is -0.0680. The number of nitrogens with one attached hydrogen (secondary N) is 1. The van der Waals surface area contributed by atoms with E-state index in [9.17, 15) is 14.5 Å². The molecule has 94 valence electrons. The highest BCUT2D eigenvalue weighted by atomic mass is 19.1. The third-order valence-electron chi connectivity index (χ3n) is 2.41. The van der Waals surface area contributed by atoms with Crippen molar-refractivity contribution in [3.63, 3.8) is 0 Å². The minimum Gasteiger partial charge on any atom is -0.465 e. The van der Waals surface area contributed by atoms with Crippen LogP contribution in [0.5, 0.6) is 0 Å². The first-order chi connectivity index (χ1) is 8.56. The van der Waals surface area contributed by atoms with E-state index >= 15 is 0 Å². The number of aryl methyl sites for hydroxylation is 1. The predicted molar refractivity (Wildman–Crippen MR) is 63.8 cm³/mol. The van der Waals surface area contributed by atoms with Crippen molar-refractivity contribution in [2.45, 2.75) is 13.5 Å². The zero-order valence-electron chi connectivity index (χ0n) is 9.64. The zero-order valence-corrected chi connectivity index (χ0v) is 9.64. The Morgan fingerprint density at radius 1 is 1.39 bits per heavy atom. The van der Waals surface area contributed by atoms with E-state index in [1.54, 1.807) is 6.07 Å². The third-order valence-corrected chi connectivity index (χ3v) is 2.41. The zero-order chi connectivity index (χ0) is 13.1. The summed E-state index contributed by atoms with van der Waals surface area (Å²) in [4.78, 5) is 9.81. The number of hydrogen-bond donors (Lipinski definition) is 1. The van der Waals surface area contributed by atoms with Crippen molar-refractivity contribution in [1.82, 2.24) is 0 Å². The fourth-order valence-electron chi connectivity index (χ4n) is 1.52. The molecular weight excluding hydrogens is 239 g/mol. The minimum atomic E-state index is -0.660. The van der Waals surface area contributed by atoms with E-state index < -0.39 is 10.7 Å².